The molecule has 0 saturated carbocycles. The van der Waals surface area contributed by atoms with Crippen molar-refractivity contribution in [1.29, 1.82) is 0 Å². The molecule has 1 aliphatic rings. The van der Waals surface area contributed by atoms with E-state index in [-0.39, 0.29) is 12.1 Å². The Hall–Kier alpha value is -0.910. The number of carbonyl (C=O) groups is 2. The average molecular weight is 246 g/mol. The standard InChI is InChI=1S/C10H18N2O3S/c1-2-3-8(9(13)14)12-10(15)11-7-4-5-16-6-7/h7-8H,2-6H2,1H3,(H,13,14)(H2,11,12,15)/t7?,8-/m0/s1. The zero-order valence-electron chi connectivity index (χ0n) is 9.36. The third-order valence-electron chi connectivity index (χ3n) is 2.45. The first kappa shape index (κ1) is 13.2. The highest BCUT2D eigenvalue weighted by Crippen LogP contribution is 2.16. The van der Waals surface area contributed by atoms with Crippen molar-refractivity contribution in [2.24, 2.45) is 0 Å². The topological polar surface area (TPSA) is 78.4 Å². The van der Waals surface area contributed by atoms with Gasteiger partial charge in [-0.05, 0) is 18.6 Å². The molecule has 6 heteroatoms. The number of hydrogen-bond donors (Lipinski definition) is 3. The summed E-state index contributed by atoms with van der Waals surface area (Å²) in [6.45, 7) is 1.89. The molecule has 1 fully saturated rings. The minimum Gasteiger partial charge on any atom is -0.480 e. The van der Waals surface area contributed by atoms with E-state index in [1.165, 1.54) is 0 Å². The van der Waals surface area contributed by atoms with Crippen molar-refractivity contribution >= 4 is 23.8 Å². The van der Waals surface area contributed by atoms with Gasteiger partial charge in [-0.2, -0.15) is 11.8 Å². The van der Waals surface area contributed by atoms with E-state index >= 15 is 0 Å². The molecule has 1 unspecified atom stereocenters. The lowest BCUT2D eigenvalue weighted by Crippen LogP contribution is -2.49. The quantitative estimate of drug-likeness (QED) is 0.677. The van der Waals surface area contributed by atoms with Crippen LogP contribution in [-0.2, 0) is 4.79 Å². The number of hydrogen-bond acceptors (Lipinski definition) is 3. The van der Waals surface area contributed by atoms with E-state index in [0.717, 1.165) is 24.3 Å². The Balaban J connectivity index is 2.32. The Labute approximate surface area is 99.4 Å². The van der Waals surface area contributed by atoms with Gasteiger partial charge in [-0.1, -0.05) is 13.3 Å². The summed E-state index contributed by atoms with van der Waals surface area (Å²) in [4.78, 5) is 22.3. The van der Waals surface area contributed by atoms with Gasteiger partial charge >= 0.3 is 12.0 Å². The van der Waals surface area contributed by atoms with E-state index in [9.17, 15) is 9.59 Å². The fraction of sp³-hybridized carbons (Fsp3) is 0.800. The molecule has 1 rings (SSSR count). The van der Waals surface area contributed by atoms with Crippen LogP contribution >= 0.6 is 11.8 Å². The van der Waals surface area contributed by atoms with Crippen LogP contribution in [0.2, 0.25) is 0 Å². The Bertz CT molecular complexity index is 254. The van der Waals surface area contributed by atoms with E-state index in [0.29, 0.717) is 6.42 Å². The van der Waals surface area contributed by atoms with Crippen LogP contribution in [0, 0.1) is 0 Å². The van der Waals surface area contributed by atoms with Gasteiger partial charge < -0.3 is 15.7 Å². The highest BCUT2D eigenvalue weighted by Gasteiger charge is 2.22. The first-order chi connectivity index (χ1) is 7.63. The highest BCUT2D eigenvalue weighted by molar-refractivity contribution is 7.99. The summed E-state index contributed by atoms with van der Waals surface area (Å²) >= 11 is 1.80. The number of rotatable bonds is 5. The molecule has 1 aliphatic heterocycles. The molecule has 0 radical (unpaired) electrons. The summed E-state index contributed by atoms with van der Waals surface area (Å²) in [7, 11) is 0. The molecule has 1 heterocycles. The molecule has 92 valence electrons. The van der Waals surface area contributed by atoms with Crippen LogP contribution in [-0.4, -0.2) is 40.7 Å². The minimum absolute atomic E-state index is 0.182. The summed E-state index contributed by atoms with van der Waals surface area (Å²) in [5.74, 6) is 0.999. The molecule has 2 amide bonds. The number of urea groups is 1. The van der Waals surface area contributed by atoms with Gasteiger partial charge in [-0.3, -0.25) is 0 Å². The SMILES string of the molecule is CCC[C@H](NC(=O)NC1CCSC1)C(=O)O. The van der Waals surface area contributed by atoms with E-state index in [1.54, 1.807) is 11.8 Å². The van der Waals surface area contributed by atoms with Crippen LogP contribution < -0.4 is 10.6 Å². The van der Waals surface area contributed by atoms with Crippen molar-refractivity contribution < 1.29 is 14.7 Å². The predicted octanol–water partition coefficient (Wildman–Crippen LogP) is 1.04. The lowest BCUT2D eigenvalue weighted by Gasteiger charge is -2.16. The first-order valence-corrected chi connectivity index (χ1v) is 6.66. The fourth-order valence-electron chi connectivity index (χ4n) is 1.58. The molecule has 3 N–H and O–H groups in total. The van der Waals surface area contributed by atoms with Gasteiger partial charge in [-0.25, -0.2) is 9.59 Å². The normalized spacial score (nSPS) is 21.4. The van der Waals surface area contributed by atoms with Crippen LogP contribution in [0.5, 0.6) is 0 Å². The summed E-state index contributed by atoms with van der Waals surface area (Å²) in [6, 6.07) is -0.964. The van der Waals surface area contributed by atoms with Gasteiger partial charge in [0.2, 0.25) is 0 Å². The zero-order chi connectivity index (χ0) is 12.0. The van der Waals surface area contributed by atoms with Crippen LogP contribution in [0.15, 0.2) is 0 Å². The number of amides is 2. The molecular formula is C10H18N2O3S. The number of carboxylic acids is 1. The smallest absolute Gasteiger partial charge is 0.326 e. The second-order valence-corrected chi connectivity index (χ2v) is 5.01. The summed E-state index contributed by atoms with van der Waals surface area (Å²) < 4.78 is 0. The molecule has 0 aromatic heterocycles. The van der Waals surface area contributed by atoms with Crippen molar-refractivity contribution in [1.82, 2.24) is 10.6 Å². The monoisotopic (exact) mass is 246 g/mol. The van der Waals surface area contributed by atoms with Gasteiger partial charge in [0.25, 0.3) is 0 Å². The summed E-state index contributed by atoms with van der Waals surface area (Å²) in [5.41, 5.74) is 0. The maximum Gasteiger partial charge on any atom is 0.326 e. The molecule has 0 aliphatic carbocycles. The lowest BCUT2D eigenvalue weighted by molar-refractivity contribution is -0.139. The van der Waals surface area contributed by atoms with Gasteiger partial charge in [0, 0.05) is 11.8 Å². The Morgan fingerprint density at radius 2 is 2.31 bits per heavy atom. The molecule has 5 nitrogen and oxygen atoms in total. The molecule has 0 bridgehead atoms. The van der Waals surface area contributed by atoms with E-state index < -0.39 is 12.0 Å². The van der Waals surface area contributed by atoms with Crippen LogP contribution in [0.3, 0.4) is 0 Å². The molecule has 2 atom stereocenters. The number of nitrogens with one attached hydrogen (secondary N) is 2. The Morgan fingerprint density at radius 3 is 2.81 bits per heavy atom. The van der Waals surface area contributed by atoms with Crippen molar-refractivity contribution in [2.45, 2.75) is 38.3 Å². The number of thioether (sulfide) groups is 1. The number of carbonyl (C=O) groups excluding carboxylic acids is 1. The minimum atomic E-state index is -0.974. The third kappa shape index (κ3) is 4.30. The van der Waals surface area contributed by atoms with Crippen molar-refractivity contribution in [3.63, 3.8) is 0 Å². The largest absolute Gasteiger partial charge is 0.480 e. The van der Waals surface area contributed by atoms with Crippen LogP contribution in [0.25, 0.3) is 0 Å². The fourth-order valence-corrected chi connectivity index (χ4v) is 2.73. The third-order valence-corrected chi connectivity index (χ3v) is 3.61. The number of carboxylic acid groups (broad SMARTS) is 1. The highest BCUT2D eigenvalue weighted by atomic mass is 32.2. The van der Waals surface area contributed by atoms with Crippen molar-refractivity contribution in [2.75, 3.05) is 11.5 Å². The molecule has 1 saturated heterocycles. The Kier molecular flexibility index (Phi) is 5.45. The average Bonchev–Trinajstić information content (AvgIpc) is 2.69. The summed E-state index contributed by atoms with van der Waals surface area (Å²) in [5, 5.41) is 14.1. The maximum absolute atomic E-state index is 11.5. The summed E-state index contributed by atoms with van der Waals surface area (Å²) in [6.07, 6.45) is 2.16. The predicted molar refractivity (Wildman–Crippen MR) is 63.7 cm³/mol. The number of aliphatic carboxylic acids is 1. The van der Waals surface area contributed by atoms with Crippen LogP contribution in [0.4, 0.5) is 4.79 Å². The van der Waals surface area contributed by atoms with E-state index in [2.05, 4.69) is 10.6 Å². The van der Waals surface area contributed by atoms with Gasteiger partial charge in [0.15, 0.2) is 0 Å². The lowest BCUT2D eigenvalue weighted by atomic mass is 10.2. The Morgan fingerprint density at radius 1 is 1.56 bits per heavy atom. The van der Waals surface area contributed by atoms with Crippen molar-refractivity contribution in [3.05, 3.63) is 0 Å². The maximum atomic E-state index is 11.5. The van der Waals surface area contributed by atoms with Gasteiger partial charge in [0.05, 0.1) is 0 Å². The molecule has 0 spiro atoms. The van der Waals surface area contributed by atoms with Gasteiger partial charge in [0.1, 0.15) is 6.04 Å². The zero-order valence-corrected chi connectivity index (χ0v) is 10.2. The van der Waals surface area contributed by atoms with Gasteiger partial charge in [-0.15, -0.1) is 0 Å². The molecule has 0 aromatic carbocycles. The molecule has 0 aromatic rings. The van der Waals surface area contributed by atoms with Crippen molar-refractivity contribution in [3.8, 4) is 0 Å². The second kappa shape index (κ2) is 6.62. The first-order valence-electron chi connectivity index (χ1n) is 5.51. The second-order valence-electron chi connectivity index (χ2n) is 3.86. The van der Waals surface area contributed by atoms with E-state index in [4.69, 9.17) is 5.11 Å². The van der Waals surface area contributed by atoms with Crippen LogP contribution in [0.1, 0.15) is 26.2 Å². The molecule has 16 heavy (non-hydrogen) atoms. The van der Waals surface area contributed by atoms with E-state index in [1.807, 2.05) is 6.92 Å². The molecular weight excluding hydrogens is 228 g/mol.